The first kappa shape index (κ1) is 14.0. The summed E-state index contributed by atoms with van der Waals surface area (Å²) in [6, 6.07) is 0. The summed E-state index contributed by atoms with van der Waals surface area (Å²) >= 11 is 0. The predicted octanol–water partition coefficient (Wildman–Crippen LogP) is -0.269. The van der Waals surface area contributed by atoms with Crippen LogP contribution in [-0.4, -0.2) is 41.5 Å². The van der Waals surface area contributed by atoms with Crippen molar-refractivity contribution in [3.8, 4) is 0 Å². The number of esters is 1. The Balaban J connectivity index is 3.13. The van der Waals surface area contributed by atoms with Gasteiger partial charge in [-0.25, -0.2) is 10.6 Å². The zero-order valence-electron chi connectivity index (χ0n) is 10.7. The maximum absolute atomic E-state index is 11.8. The van der Waals surface area contributed by atoms with Gasteiger partial charge in [-0.3, -0.25) is 5.01 Å². The van der Waals surface area contributed by atoms with Gasteiger partial charge in [-0.15, -0.1) is 11.7 Å². The maximum atomic E-state index is 11.8. The minimum Gasteiger partial charge on any atom is -0.463 e. The lowest BCUT2D eigenvalue weighted by Gasteiger charge is -2.36. The van der Waals surface area contributed by atoms with E-state index in [1.165, 1.54) is 5.01 Å². The molecule has 0 spiro atoms. The number of hydrogen-bond acceptors (Lipinski definition) is 5. The lowest BCUT2D eigenvalue weighted by Crippen LogP contribution is -2.53. The quantitative estimate of drug-likeness (QED) is 0.310. The van der Waals surface area contributed by atoms with Gasteiger partial charge in [0.15, 0.2) is 0 Å². The zero-order valence-corrected chi connectivity index (χ0v) is 10.7. The van der Waals surface area contributed by atoms with Crippen LogP contribution in [-0.2, 0) is 9.53 Å². The van der Waals surface area contributed by atoms with Crippen LogP contribution in [0.5, 0.6) is 0 Å². The molecule has 18 heavy (non-hydrogen) atoms. The highest BCUT2D eigenvalue weighted by molar-refractivity contribution is 5.94. The number of hydrazine groups is 1. The van der Waals surface area contributed by atoms with Crippen LogP contribution in [0.3, 0.4) is 0 Å². The smallest absolute Gasteiger partial charge is 0.337 e. The molecule has 1 aliphatic rings. The summed E-state index contributed by atoms with van der Waals surface area (Å²) in [6.45, 7) is 8.20. The number of hydrazone groups is 1. The Kier molecular flexibility index (Phi) is 4.73. The van der Waals surface area contributed by atoms with Gasteiger partial charge in [0, 0.05) is 12.2 Å². The second-order valence-electron chi connectivity index (χ2n) is 3.74. The van der Waals surface area contributed by atoms with Crippen molar-refractivity contribution < 1.29 is 9.53 Å². The normalized spacial score (nSPS) is 18.3. The number of nitrogens with zero attached hydrogens (tertiary/aromatic N) is 3. The monoisotopic (exact) mass is 253 g/mol. The Morgan fingerprint density at radius 1 is 1.67 bits per heavy atom. The van der Waals surface area contributed by atoms with Crippen molar-refractivity contribution in [2.75, 3.05) is 19.7 Å². The van der Waals surface area contributed by atoms with E-state index in [2.05, 4.69) is 11.7 Å². The van der Waals surface area contributed by atoms with Gasteiger partial charge in [-0.05, 0) is 13.8 Å². The Morgan fingerprint density at radius 3 is 2.83 bits per heavy atom. The molecule has 0 aliphatic carbocycles. The van der Waals surface area contributed by atoms with E-state index in [1.54, 1.807) is 24.8 Å². The topological polar surface area (TPSA) is 97.2 Å². The molecule has 0 fully saturated rings. The molecule has 1 heterocycles. The third-order valence-corrected chi connectivity index (χ3v) is 2.62. The molecule has 4 N–H and O–H groups in total. The second kappa shape index (κ2) is 6.06. The Hall–Kier alpha value is -2.02. The molecule has 1 aliphatic heterocycles. The number of allylic oxidation sites excluding steroid dienone is 1. The zero-order chi connectivity index (χ0) is 13.7. The first-order chi connectivity index (χ1) is 8.56. The van der Waals surface area contributed by atoms with Crippen LogP contribution >= 0.6 is 0 Å². The Bertz CT molecular complexity index is 402. The summed E-state index contributed by atoms with van der Waals surface area (Å²) in [6.07, 6.45) is 1.68. The minimum absolute atomic E-state index is 0.217. The van der Waals surface area contributed by atoms with Gasteiger partial charge in [0.25, 0.3) is 0 Å². The van der Waals surface area contributed by atoms with Crippen molar-refractivity contribution in [3.63, 3.8) is 0 Å². The number of hydrogen-bond donors (Lipinski definition) is 2. The fourth-order valence-electron chi connectivity index (χ4n) is 1.75. The number of carbonyl (C=O) groups is 1. The number of guanidine groups is 1. The van der Waals surface area contributed by atoms with E-state index in [0.29, 0.717) is 24.7 Å². The van der Waals surface area contributed by atoms with E-state index in [4.69, 9.17) is 16.4 Å². The van der Waals surface area contributed by atoms with Gasteiger partial charge < -0.3 is 15.5 Å². The van der Waals surface area contributed by atoms with Crippen molar-refractivity contribution in [3.05, 3.63) is 23.9 Å². The molecular formula is C11H19N5O2. The molecule has 7 heteroatoms. The SMILES string of the molecule is C=CCN1C(C)=C(C(=O)OCC)CN(N)/C1=N\N. The molecule has 0 bridgehead atoms. The fourth-order valence-corrected chi connectivity index (χ4v) is 1.75. The summed E-state index contributed by atoms with van der Waals surface area (Å²) in [4.78, 5) is 13.5. The highest BCUT2D eigenvalue weighted by Crippen LogP contribution is 2.19. The molecule has 0 aromatic rings. The lowest BCUT2D eigenvalue weighted by atomic mass is 10.1. The Morgan fingerprint density at radius 2 is 2.33 bits per heavy atom. The molecule has 0 amide bonds. The van der Waals surface area contributed by atoms with E-state index >= 15 is 0 Å². The third-order valence-electron chi connectivity index (χ3n) is 2.62. The molecule has 100 valence electrons. The molecule has 0 saturated heterocycles. The van der Waals surface area contributed by atoms with E-state index in [-0.39, 0.29) is 12.5 Å². The summed E-state index contributed by atoms with van der Waals surface area (Å²) in [5.41, 5.74) is 1.22. The van der Waals surface area contributed by atoms with E-state index in [1.807, 2.05) is 0 Å². The summed E-state index contributed by atoms with van der Waals surface area (Å²) in [5.74, 6) is 11.1. The number of carbonyl (C=O) groups excluding carboxylic acids is 1. The molecule has 0 radical (unpaired) electrons. The van der Waals surface area contributed by atoms with Crippen molar-refractivity contribution in [1.82, 2.24) is 9.91 Å². The highest BCUT2D eigenvalue weighted by atomic mass is 16.5. The lowest BCUT2D eigenvalue weighted by molar-refractivity contribution is -0.139. The Labute approximate surface area is 106 Å². The van der Waals surface area contributed by atoms with Crippen LogP contribution in [0, 0.1) is 0 Å². The van der Waals surface area contributed by atoms with Crippen LogP contribution in [0.1, 0.15) is 13.8 Å². The van der Waals surface area contributed by atoms with Gasteiger partial charge in [0.05, 0.1) is 18.7 Å². The fraction of sp³-hybridized carbons (Fsp3) is 0.455. The third kappa shape index (κ3) is 2.62. The summed E-state index contributed by atoms with van der Waals surface area (Å²) in [5, 5.41) is 4.94. The van der Waals surface area contributed by atoms with Crippen molar-refractivity contribution >= 4 is 11.9 Å². The molecule has 7 nitrogen and oxygen atoms in total. The number of rotatable bonds is 4. The van der Waals surface area contributed by atoms with E-state index < -0.39 is 0 Å². The number of ether oxygens (including phenoxy) is 1. The van der Waals surface area contributed by atoms with Crippen molar-refractivity contribution in [1.29, 1.82) is 0 Å². The molecule has 0 unspecified atom stereocenters. The highest BCUT2D eigenvalue weighted by Gasteiger charge is 2.30. The largest absolute Gasteiger partial charge is 0.463 e. The first-order valence-corrected chi connectivity index (χ1v) is 5.62. The van der Waals surface area contributed by atoms with Crippen molar-refractivity contribution in [2.45, 2.75) is 13.8 Å². The van der Waals surface area contributed by atoms with Crippen molar-refractivity contribution in [2.24, 2.45) is 16.8 Å². The molecule has 0 saturated carbocycles. The number of nitrogens with two attached hydrogens (primary N) is 2. The average molecular weight is 253 g/mol. The van der Waals surface area contributed by atoms with Crippen LogP contribution < -0.4 is 11.7 Å². The predicted molar refractivity (Wildman–Crippen MR) is 68.8 cm³/mol. The summed E-state index contributed by atoms with van der Waals surface area (Å²) < 4.78 is 4.99. The van der Waals surface area contributed by atoms with Crippen LogP contribution in [0.2, 0.25) is 0 Å². The molecular weight excluding hydrogens is 234 g/mol. The molecule has 0 aromatic carbocycles. The van der Waals surface area contributed by atoms with Crippen LogP contribution in [0.25, 0.3) is 0 Å². The van der Waals surface area contributed by atoms with E-state index in [0.717, 1.165) is 5.70 Å². The molecule has 1 rings (SSSR count). The standard InChI is InChI=1S/C11H19N5O2/c1-4-6-15-8(3)9(10(17)18-5-2)7-16(13)11(15)14-12/h4H,1,5-7,12-13H2,2-3H3/b14-11-. The van der Waals surface area contributed by atoms with Gasteiger partial charge >= 0.3 is 5.97 Å². The van der Waals surface area contributed by atoms with Gasteiger partial charge in [-0.1, -0.05) is 6.08 Å². The molecule has 0 atom stereocenters. The first-order valence-electron chi connectivity index (χ1n) is 5.62. The summed E-state index contributed by atoms with van der Waals surface area (Å²) in [7, 11) is 0. The minimum atomic E-state index is -0.379. The van der Waals surface area contributed by atoms with Crippen LogP contribution in [0.4, 0.5) is 0 Å². The molecule has 0 aromatic heterocycles. The van der Waals surface area contributed by atoms with E-state index in [9.17, 15) is 4.79 Å². The van der Waals surface area contributed by atoms with Gasteiger partial charge in [-0.2, -0.15) is 0 Å². The average Bonchev–Trinajstić information content (AvgIpc) is 2.34. The van der Waals surface area contributed by atoms with Gasteiger partial charge in [0.1, 0.15) is 0 Å². The van der Waals surface area contributed by atoms with Gasteiger partial charge in [0.2, 0.25) is 5.96 Å². The maximum Gasteiger partial charge on any atom is 0.337 e. The second-order valence-corrected chi connectivity index (χ2v) is 3.74. The van der Waals surface area contributed by atoms with Crippen LogP contribution in [0.15, 0.2) is 29.0 Å².